The largest absolute Gasteiger partial charge is 0.493 e. The molecule has 2 aliphatic rings. The fourth-order valence-electron chi connectivity index (χ4n) is 6.56. The molecule has 2 unspecified atom stereocenters. The molecule has 2 fully saturated rings. The molecular weight excluding hydrogens is 470 g/mol. The first kappa shape index (κ1) is 29.4. The molecule has 1 heterocycles. The molecule has 5 heteroatoms. The molecule has 0 saturated heterocycles. The summed E-state index contributed by atoms with van der Waals surface area (Å²) in [4.78, 5) is 2.18. The summed E-state index contributed by atoms with van der Waals surface area (Å²) in [5.74, 6) is 3.25. The quantitative estimate of drug-likeness (QED) is 0.212. The van der Waals surface area contributed by atoms with Crippen molar-refractivity contribution in [1.29, 1.82) is 0 Å². The Balaban J connectivity index is 1.31. The molecule has 0 amide bonds. The Morgan fingerprint density at radius 3 is 2.58 bits per heavy atom. The van der Waals surface area contributed by atoms with E-state index in [0.717, 1.165) is 65.9 Å². The third-order valence-corrected chi connectivity index (χ3v) is 9.41. The van der Waals surface area contributed by atoms with Crippen molar-refractivity contribution in [2.24, 2.45) is 23.2 Å². The molecule has 2 aromatic rings. The number of benzene rings is 1. The number of rotatable bonds is 17. The van der Waals surface area contributed by atoms with Gasteiger partial charge < -0.3 is 19.5 Å². The highest BCUT2D eigenvalue weighted by Crippen LogP contribution is 2.41. The summed E-state index contributed by atoms with van der Waals surface area (Å²) in [6, 6.07) is 4.32. The van der Waals surface area contributed by atoms with Gasteiger partial charge in [-0.05, 0) is 107 Å². The maximum Gasteiger partial charge on any atom is 0.175 e. The molecular formula is C33H55N3O2. The third kappa shape index (κ3) is 8.21. The minimum absolute atomic E-state index is 0.542. The van der Waals surface area contributed by atoms with Crippen LogP contribution in [0.5, 0.6) is 5.75 Å². The zero-order valence-corrected chi connectivity index (χ0v) is 25.1. The van der Waals surface area contributed by atoms with Crippen LogP contribution < -0.4 is 10.1 Å². The van der Waals surface area contributed by atoms with Crippen LogP contribution in [0.25, 0.3) is 11.0 Å². The van der Waals surface area contributed by atoms with Crippen molar-refractivity contribution in [1.82, 2.24) is 15.4 Å². The topological polar surface area (TPSA) is 50.5 Å². The fourth-order valence-corrected chi connectivity index (χ4v) is 6.56. The molecule has 1 N–H and O–H groups in total. The van der Waals surface area contributed by atoms with Crippen molar-refractivity contribution >= 4 is 11.0 Å². The van der Waals surface area contributed by atoms with Crippen LogP contribution in [0.3, 0.4) is 0 Å². The number of nitrogens with zero attached hydrogens (tertiary/aromatic N) is 2. The van der Waals surface area contributed by atoms with Crippen molar-refractivity contribution in [3.63, 3.8) is 0 Å². The van der Waals surface area contributed by atoms with E-state index in [9.17, 15) is 0 Å². The summed E-state index contributed by atoms with van der Waals surface area (Å²) in [7, 11) is 4.20. The lowest BCUT2D eigenvalue weighted by atomic mass is 9.69. The highest BCUT2D eigenvalue weighted by molar-refractivity contribution is 5.84. The molecule has 1 aromatic heterocycles. The van der Waals surface area contributed by atoms with Gasteiger partial charge in [0.05, 0.1) is 17.9 Å². The molecule has 5 nitrogen and oxygen atoms in total. The zero-order valence-electron chi connectivity index (χ0n) is 25.1. The monoisotopic (exact) mass is 525 g/mol. The van der Waals surface area contributed by atoms with Crippen LogP contribution in [0.15, 0.2) is 16.7 Å². The van der Waals surface area contributed by atoms with Crippen LogP contribution in [0.1, 0.15) is 109 Å². The van der Waals surface area contributed by atoms with Gasteiger partial charge in [-0.2, -0.15) is 0 Å². The lowest BCUT2D eigenvalue weighted by molar-refractivity contribution is 0.139. The average Bonchev–Trinajstić information content (AvgIpc) is 3.65. The molecule has 2 aliphatic carbocycles. The van der Waals surface area contributed by atoms with Gasteiger partial charge in [0.25, 0.3) is 0 Å². The van der Waals surface area contributed by atoms with Crippen LogP contribution in [0.2, 0.25) is 0 Å². The number of aromatic nitrogens is 1. The Hall–Kier alpha value is -1.59. The Morgan fingerprint density at radius 2 is 1.89 bits per heavy atom. The summed E-state index contributed by atoms with van der Waals surface area (Å²) in [6.07, 6.45) is 17.0. The second-order valence-corrected chi connectivity index (χ2v) is 13.1. The molecule has 0 spiro atoms. The van der Waals surface area contributed by atoms with Gasteiger partial charge in [-0.25, -0.2) is 0 Å². The molecule has 0 aliphatic heterocycles. The van der Waals surface area contributed by atoms with E-state index in [0.29, 0.717) is 11.3 Å². The number of ether oxygens (including phenoxy) is 1. The zero-order chi connectivity index (χ0) is 27.0. The first-order valence-corrected chi connectivity index (χ1v) is 15.8. The smallest absolute Gasteiger partial charge is 0.175 e. The van der Waals surface area contributed by atoms with Crippen molar-refractivity contribution in [3.8, 4) is 5.75 Å². The van der Waals surface area contributed by atoms with E-state index in [-0.39, 0.29) is 0 Å². The molecule has 4 rings (SSSR count). The van der Waals surface area contributed by atoms with Crippen molar-refractivity contribution < 1.29 is 9.26 Å². The normalized spacial score (nSPS) is 19.2. The molecule has 214 valence electrons. The Labute approximate surface area is 232 Å². The van der Waals surface area contributed by atoms with Crippen LogP contribution in [-0.4, -0.2) is 43.8 Å². The number of hydrogen-bond acceptors (Lipinski definition) is 5. The van der Waals surface area contributed by atoms with E-state index in [4.69, 9.17) is 9.26 Å². The fraction of sp³-hybridized carbons (Fsp3) is 0.788. The summed E-state index contributed by atoms with van der Waals surface area (Å²) in [6.45, 7) is 11.1. The molecule has 0 bridgehead atoms. The lowest BCUT2D eigenvalue weighted by Crippen LogP contribution is -2.38. The standard InChI is InChI=1S/C33H55N3O2/c1-6-25(3)21-33(18-9-8-10-19-33)24-34-20-17-26(7-2)13-15-30-28-14-16-31(37-23-27-11-12-27)29(22-36(4)5)32(28)38-35-30/h14,16,25-27,34H,6-13,15,17-24H2,1-5H3. The minimum Gasteiger partial charge on any atom is -0.493 e. The first-order chi connectivity index (χ1) is 18.4. The van der Waals surface area contributed by atoms with E-state index >= 15 is 0 Å². The lowest BCUT2D eigenvalue weighted by Gasteiger charge is -2.39. The maximum atomic E-state index is 6.21. The summed E-state index contributed by atoms with van der Waals surface area (Å²) in [5.41, 5.74) is 3.70. The molecule has 38 heavy (non-hydrogen) atoms. The van der Waals surface area contributed by atoms with Gasteiger partial charge in [-0.3, -0.25) is 0 Å². The van der Waals surface area contributed by atoms with E-state index in [1.165, 1.54) is 83.6 Å². The van der Waals surface area contributed by atoms with E-state index in [2.05, 4.69) is 62.4 Å². The second kappa shape index (κ2) is 14.2. The van der Waals surface area contributed by atoms with Crippen molar-refractivity contribution in [2.45, 2.75) is 111 Å². The minimum atomic E-state index is 0.542. The second-order valence-electron chi connectivity index (χ2n) is 13.1. The van der Waals surface area contributed by atoms with Crippen LogP contribution in [0, 0.1) is 23.2 Å². The Bertz CT molecular complexity index is 974. The number of fused-ring (bicyclic) bond motifs is 1. The molecule has 0 radical (unpaired) electrons. The third-order valence-electron chi connectivity index (χ3n) is 9.41. The van der Waals surface area contributed by atoms with E-state index < -0.39 is 0 Å². The number of nitrogens with one attached hydrogen (secondary N) is 1. The summed E-state index contributed by atoms with van der Waals surface area (Å²) >= 11 is 0. The van der Waals surface area contributed by atoms with Gasteiger partial charge in [0.2, 0.25) is 0 Å². The van der Waals surface area contributed by atoms with Crippen molar-refractivity contribution in [2.75, 3.05) is 33.8 Å². The maximum absolute atomic E-state index is 6.21. The Morgan fingerprint density at radius 1 is 1.11 bits per heavy atom. The highest BCUT2D eigenvalue weighted by atomic mass is 16.5. The van der Waals surface area contributed by atoms with Crippen LogP contribution >= 0.6 is 0 Å². The Kier molecular flexibility index (Phi) is 11.0. The average molecular weight is 526 g/mol. The highest BCUT2D eigenvalue weighted by Gasteiger charge is 2.32. The molecule has 2 atom stereocenters. The van der Waals surface area contributed by atoms with E-state index in [1.54, 1.807) is 0 Å². The predicted molar refractivity (Wildman–Crippen MR) is 159 cm³/mol. The number of hydrogen-bond donors (Lipinski definition) is 1. The first-order valence-electron chi connectivity index (χ1n) is 15.8. The summed E-state index contributed by atoms with van der Waals surface area (Å²) in [5, 5.41) is 9.64. The molecule has 1 aromatic carbocycles. The van der Waals surface area contributed by atoms with Gasteiger partial charge in [0, 0.05) is 18.5 Å². The number of aryl methyl sites for hydroxylation is 1. The van der Waals surface area contributed by atoms with Crippen molar-refractivity contribution in [3.05, 3.63) is 23.4 Å². The predicted octanol–water partition coefficient (Wildman–Crippen LogP) is 8.00. The van der Waals surface area contributed by atoms with Gasteiger partial charge in [0.1, 0.15) is 5.75 Å². The van der Waals surface area contributed by atoms with Crippen LogP contribution in [0.4, 0.5) is 0 Å². The van der Waals surface area contributed by atoms with Crippen LogP contribution in [-0.2, 0) is 13.0 Å². The molecule has 2 saturated carbocycles. The van der Waals surface area contributed by atoms with E-state index in [1.807, 2.05) is 0 Å². The SMILES string of the molecule is CCC(C)CC1(CNCCC(CC)CCc2noc3c(CN(C)C)c(OCC4CC4)ccc23)CCCCC1. The summed E-state index contributed by atoms with van der Waals surface area (Å²) < 4.78 is 12.2. The van der Waals surface area contributed by atoms with Gasteiger partial charge in [-0.1, -0.05) is 58.0 Å². The van der Waals surface area contributed by atoms with Gasteiger partial charge >= 0.3 is 0 Å². The van der Waals surface area contributed by atoms with Gasteiger partial charge in [0.15, 0.2) is 5.58 Å². The van der Waals surface area contributed by atoms with Gasteiger partial charge in [-0.15, -0.1) is 0 Å².